The van der Waals surface area contributed by atoms with E-state index < -0.39 is 0 Å². The highest BCUT2D eigenvalue weighted by Crippen LogP contribution is 2.42. The zero-order valence-corrected chi connectivity index (χ0v) is 12.3. The van der Waals surface area contributed by atoms with E-state index in [4.69, 9.17) is 0 Å². The fourth-order valence-electron chi connectivity index (χ4n) is 2.83. The number of hydrogen-bond donors (Lipinski definition) is 0. The van der Waals surface area contributed by atoms with Crippen LogP contribution in [0.1, 0.15) is 54.9 Å². The highest BCUT2D eigenvalue weighted by atomic mass is 16.2. The molecular formula is C14H29NO. The minimum absolute atomic E-state index is 0.116. The molecule has 1 fully saturated rings. The van der Waals surface area contributed by atoms with Crippen molar-refractivity contribution in [2.75, 3.05) is 13.6 Å². The number of carbonyl (C=O) groups is 1. The van der Waals surface area contributed by atoms with Crippen LogP contribution in [0.3, 0.4) is 0 Å². The van der Waals surface area contributed by atoms with E-state index in [0.717, 1.165) is 13.0 Å². The Hall–Kier alpha value is -0.530. The highest BCUT2D eigenvalue weighted by Gasteiger charge is 2.41. The van der Waals surface area contributed by atoms with Crippen molar-refractivity contribution in [3.63, 3.8) is 0 Å². The normalized spacial score (nSPS) is 27.9. The molecule has 1 aliphatic heterocycles. The molecule has 0 spiro atoms. The van der Waals surface area contributed by atoms with Crippen LogP contribution in [-0.4, -0.2) is 24.4 Å². The second kappa shape index (κ2) is 5.20. The van der Waals surface area contributed by atoms with Crippen molar-refractivity contribution in [2.24, 2.45) is 16.7 Å². The fraction of sp³-hybridized carbons (Fsp3) is 0.929. The van der Waals surface area contributed by atoms with Gasteiger partial charge in [-0.25, -0.2) is 0 Å². The minimum atomic E-state index is 0.116. The molecule has 1 aliphatic rings. The Labute approximate surface area is 101 Å². The molecular weight excluding hydrogens is 198 g/mol. The lowest BCUT2D eigenvalue weighted by Crippen LogP contribution is -2.36. The van der Waals surface area contributed by atoms with Crippen LogP contribution in [0.25, 0.3) is 0 Å². The van der Waals surface area contributed by atoms with Gasteiger partial charge in [0, 0.05) is 19.5 Å². The van der Waals surface area contributed by atoms with Gasteiger partial charge < -0.3 is 4.90 Å². The third-order valence-corrected chi connectivity index (χ3v) is 3.52. The van der Waals surface area contributed by atoms with Crippen LogP contribution in [0.2, 0.25) is 0 Å². The number of likely N-dealkylation sites (tertiary alicyclic amines) is 1. The van der Waals surface area contributed by atoms with Crippen molar-refractivity contribution >= 4 is 5.91 Å². The molecule has 0 aromatic heterocycles. The van der Waals surface area contributed by atoms with Crippen molar-refractivity contribution in [2.45, 2.75) is 54.9 Å². The van der Waals surface area contributed by atoms with E-state index in [-0.39, 0.29) is 16.7 Å². The lowest BCUT2D eigenvalue weighted by molar-refractivity contribution is -0.135. The Balaban J connectivity index is 0.00000106. The summed E-state index contributed by atoms with van der Waals surface area (Å²) in [6.07, 6.45) is 1.11. The van der Waals surface area contributed by atoms with Crippen LogP contribution in [0.4, 0.5) is 0 Å². The van der Waals surface area contributed by atoms with Gasteiger partial charge in [0.05, 0.1) is 0 Å². The quantitative estimate of drug-likeness (QED) is 0.619. The largest absolute Gasteiger partial charge is 0.345 e. The zero-order chi connectivity index (χ0) is 13.1. The van der Waals surface area contributed by atoms with Gasteiger partial charge in [-0.2, -0.15) is 0 Å². The van der Waals surface area contributed by atoms with Gasteiger partial charge in [0.2, 0.25) is 5.91 Å². The maximum absolute atomic E-state index is 12.0. The van der Waals surface area contributed by atoms with E-state index in [0.29, 0.717) is 5.91 Å². The molecule has 2 nitrogen and oxygen atoms in total. The van der Waals surface area contributed by atoms with Gasteiger partial charge in [0.25, 0.3) is 0 Å². The Morgan fingerprint density at radius 1 is 1.19 bits per heavy atom. The highest BCUT2D eigenvalue weighted by molar-refractivity contribution is 5.79. The summed E-state index contributed by atoms with van der Waals surface area (Å²) in [5.74, 6) is 0.426. The van der Waals surface area contributed by atoms with Gasteiger partial charge in [-0.15, -0.1) is 0 Å². The van der Waals surface area contributed by atoms with Gasteiger partial charge in [-0.3, -0.25) is 4.79 Å². The molecule has 0 radical (unpaired) electrons. The van der Waals surface area contributed by atoms with E-state index in [1.807, 2.05) is 25.8 Å². The first-order valence-corrected chi connectivity index (χ1v) is 6.41. The maximum Gasteiger partial charge on any atom is 0.225 e. The Bertz CT molecular complexity index is 243. The standard InChI is InChI=1S/C12H23NO.C2H6/c1-9-10(14)13(6)8-11(2,3)7-12(9,4)5;1-2/h9H,7-8H2,1-6H3;1-2H3. The van der Waals surface area contributed by atoms with Gasteiger partial charge >= 0.3 is 0 Å². The summed E-state index contributed by atoms with van der Waals surface area (Å²) in [5.41, 5.74) is 0.351. The first kappa shape index (κ1) is 15.5. The Kier molecular flexibility index (Phi) is 5.03. The van der Waals surface area contributed by atoms with Gasteiger partial charge in [-0.1, -0.05) is 48.5 Å². The number of carbonyl (C=O) groups excluding carboxylic acids is 1. The lowest BCUT2D eigenvalue weighted by atomic mass is 9.70. The lowest BCUT2D eigenvalue weighted by Gasteiger charge is -2.33. The van der Waals surface area contributed by atoms with Crippen molar-refractivity contribution in [3.8, 4) is 0 Å². The molecule has 96 valence electrons. The molecule has 0 bridgehead atoms. The third-order valence-electron chi connectivity index (χ3n) is 3.52. The van der Waals surface area contributed by atoms with Crippen LogP contribution in [0, 0.1) is 16.7 Å². The van der Waals surface area contributed by atoms with E-state index in [1.54, 1.807) is 0 Å². The van der Waals surface area contributed by atoms with E-state index in [9.17, 15) is 4.79 Å². The molecule has 1 rings (SSSR count). The van der Waals surface area contributed by atoms with E-state index in [1.165, 1.54) is 0 Å². The third kappa shape index (κ3) is 3.50. The Morgan fingerprint density at radius 3 is 2.06 bits per heavy atom. The number of nitrogens with zero attached hydrogens (tertiary/aromatic N) is 1. The molecule has 1 heterocycles. The molecule has 1 saturated heterocycles. The molecule has 16 heavy (non-hydrogen) atoms. The van der Waals surface area contributed by atoms with Crippen LogP contribution >= 0.6 is 0 Å². The van der Waals surface area contributed by atoms with Crippen molar-refractivity contribution in [1.29, 1.82) is 0 Å². The first-order chi connectivity index (χ1) is 7.16. The van der Waals surface area contributed by atoms with Crippen molar-refractivity contribution in [3.05, 3.63) is 0 Å². The summed E-state index contributed by atoms with van der Waals surface area (Å²) < 4.78 is 0. The summed E-state index contributed by atoms with van der Waals surface area (Å²) in [6.45, 7) is 15.8. The summed E-state index contributed by atoms with van der Waals surface area (Å²) in [5, 5.41) is 0. The average molecular weight is 227 g/mol. The predicted molar refractivity (Wildman–Crippen MR) is 70.3 cm³/mol. The summed E-state index contributed by atoms with van der Waals surface area (Å²) >= 11 is 0. The molecule has 0 N–H and O–H groups in total. The fourth-order valence-corrected chi connectivity index (χ4v) is 2.83. The molecule has 0 aromatic carbocycles. The first-order valence-electron chi connectivity index (χ1n) is 6.41. The Morgan fingerprint density at radius 2 is 1.62 bits per heavy atom. The zero-order valence-electron chi connectivity index (χ0n) is 12.3. The average Bonchev–Trinajstić information content (AvgIpc) is 2.19. The van der Waals surface area contributed by atoms with Gasteiger partial charge in [0.1, 0.15) is 0 Å². The van der Waals surface area contributed by atoms with Gasteiger partial charge in [0.15, 0.2) is 0 Å². The summed E-state index contributed by atoms with van der Waals surface area (Å²) in [7, 11) is 1.92. The van der Waals surface area contributed by atoms with Crippen LogP contribution in [-0.2, 0) is 4.79 Å². The SMILES string of the molecule is CC.CC1C(=O)N(C)CC(C)(C)CC1(C)C. The minimum Gasteiger partial charge on any atom is -0.345 e. The van der Waals surface area contributed by atoms with Crippen LogP contribution in [0.15, 0.2) is 0 Å². The predicted octanol–water partition coefficient (Wildman–Crippen LogP) is 3.56. The molecule has 1 amide bonds. The number of hydrogen-bond acceptors (Lipinski definition) is 1. The number of amides is 1. The van der Waals surface area contributed by atoms with E-state index >= 15 is 0 Å². The number of rotatable bonds is 0. The smallest absolute Gasteiger partial charge is 0.225 e. The maximum atomic E-state index is 12.0. The molecule has 1 atom stereocenters. The summed E-state index contributed by atoms with van der Waals surface area (Å²) in [4.78, 5) is 13.9. The van der Waals surface area contributed by atoms with Crippen LogP contribution < -0.4 is 0 Å². The molecule has 0 aliphatic carbocycles. The summed E-state index contributed by atoms with van der Waals surface area (Å²) in [6, 6.07) is 0. The van der Waals surface area contributed by atoms with Gasteiger partial charge in [-0.05, 0) is 17.3 Å². The van der Waals surface area contributed by atoms with E-state index in [2.05, 4.69) is 34.6 Å². The molecule has 1 unspecified atom stereocenters. The monoisotopic (exact) mass is 227 g/mol. The molecule has 0 saturated carbocycles. The molecule has 0 aromatic rings. The second-order valence-corrected chi connectivity index (χ2v) is 6.25. The molecule has 2 heteroatoms. The second-order valence-electron chi connectivity index (χ2n) is 6.25. The van der Waals surface area contributed by atoms with Crippen LogP contribution in [0.5, 0.6) is 0 Å². The topological polar surface area (TPSA) is 20.3 Å². The van der Waals surface area contributed by atoms with Crippen molar-refractivity contribution < 1.29 is 4.79 Å². The van der Waals surface area contributed by atoms with Crippen molar-refractivity contribution in [1.82, 2.24) is 4.90 Å².